The molecule has 1 aromatic carbocycles. The number of carbonyl (C=O) groups excluding carboxylic acids is 1. The number of ether oxygens (including phenoxy) is 2. The molecular weight excluding hydrogens is 332 g/mol. The Labute approximate surface area is 152 Å². The van der Waals surface area contributed by atoms with E-state index in [2.05, 4.69) is 5.32 Å². The van der Waals surface area contributed by atoms with Crippen LogP contribution in [0.1, 0.15) is 35.2 Å². The third-order valence-corrected chi connectivity index (χ3v) is 4.23. The second-order valence-corrected chi connectivity index (χ2v) is 6.20. The minimum atomic E-state index is -0.106. The van der Waals surface area contributed by atoms with Gasteiger partial charge in [0.2, 0.25) is 0 Å². The number of rotatable bonds is 7. The number of benzene rings is 1. The van der Waals surface area contributed by atoms with E-state index in [-0.39, 0.29) is 5.91 Å². The summed E-state index contributed by atoms with van der Waals surface area (Å²) in [6.45, 7) is 5.06. The number of hydrogen-bond acceptors (Lipinski definition) is 4. The molecule has 0 spiro atoms. The van der Waals surface area contributed by atoms with E-state index in [1.165, 1.54) is 0 Å². The van der Waals surface area contributed by atoms with E-state index < -0.39 is 0 Å². The first kappa shape index (κ1) is 17.9. The van der Waals surface area contributed by atoms with Crippen molar-refractivity contribution in [3.63, 3.8) is 0 Å². The molecule has 1 amide bonds. The van der Waals surface area contributed by atoms with E-state index in [1.54, 1.807) is 20.3 Å². The third-order valence-electron chi connectivity index (χ3n) is 4.23. The van der Waals surface area contributed by atoms with Crippen LogP contribution in [0.25, 0.3) is 11.1 Å². The zero-order chi connectivity index (χ0) is 18.7. The molecule has 0 aliphatic carbocycles. The van der Waals surface area contributed by atoms with Gasteiger partial charge in [0.15, 0.2) is 5.58 Å². The molecule has 0 atom stereocenters. The van der Waals surface area contributed by atoms with Crippen molar-refractivity contribution in [2.24, 2.45) is 0 Å². The number of carbonyl (C=O) groups is 1. The summed E-state index contributed by atoms with van der Waals surface area (Å²) in [5, 5.41) is 2.93. The minimum absolute atomic E-state index is 0.106. The van der Waals surface area contributed by atoms with Crippen molar-refractivity contribution < 1.29 is 18.7 Å². The van der Waals surface area contributed by atoms with E-state index in [0.717, 1.165) is 23.3 Å². The van der Waals surface area contributed by atoms with Crippen molar-refractivity contribution in [3.8, 4) is 11.5 Å². The zero-order valence-corrected chi connectivity index (χ0v) is 15.6. The summed E-state index contributed by atoms with van der Waals surface area (Å²) in [5.74, 6) is 2.13. The molecule has 2 heterocycles. The number of aromatic nitrogens is 1. The molecule has 1 N–H and O–H groups in total. The van der Waals surface area contributed by atoms with E-state index in [9.17, 15) is 4.79 Å². The zero-order valence-electron chi connectivity index (χ0n) is 15.6. The Bertz CT molecular complexity index is 901. The Morgan fingerprint density at radius 1 is 1.12 bits per heavy atom. The molecule has 3 rings (SSSR count). The number of methoxy groups -OCH3 is 2. The highest BCUT2D eigenvalue weighted by atomic mass is 16.5. The highest BCUT2D eigenvalue weighted by Gasteiger charge is 2.19. The highest BCUT2D eigenvalue weighted by Crippen LogP contribution is 2.28. The van der Waals surface area contributed by atoms with Gasteiger partial charge in [-0.2, -0.15) is 0 Å². The smallest absolute Gasteiger partial charge is 0.268 e. The molecule has 0 unspecified atom stereocenters. The molecule has 6 heteroatoms. The molecule has 0 aliphatic heterocycles. The second-order valence-electron chi connectivity index (χ2n) is 6.20. The highest BCUT2D eigenvalue weighted by molar-refractivity contribution is 5.97. The van der Waals surface area contributed by atoms with Crippen LogP contribution < -0.4 is 14.8 Å². The van der Waals surface area contributed by atoms with E-state index >= 15 is 0 Å². The Kier molecular flexibility index (Phi) is 5.21. The van der Waals surface area contributed by atoms with Gasteiger partial charge in [-0.3, -0.25) is 4.79 Å². The summed E-state index contributed by atoms with van der Waals surface area (Å²) in [6.07, 6.45) is 0.884. The lowest BCUT2D eigenvalue weighted by atomic mass is 10.2. The monoisotopic (exact) mass is 356 g/mol. The maximum atomic E-state index is 12.6. The third kappa shape index (κ3) is 3.54. The fraction of sp³-hybridized carbons (Fsp3) is 0.350. The maximum absolute atomic E-state index is 12.6. The van der Waals surface area contributed by atoms with Crippen LogP contribution in [0.2, 0.25) is 0 Å². The standard InChI is InChI=1S/C20H24N2O4/c1-5-6-21-20(23)18-11-19-17(7-13(2)26-19)22(18)12-14-8-15(24-3)10-16(9-14)25-4/h7-11H,5-6,12H2,1-4H3,(H,21,23). The van der Waals surface area contributed by atoms with Gasteiger partial charge in [0.1, 0.15) is 23.0 Å². The summed E-state index contributed by atoms with van der Waals surface area (Å²) < 4.78 is 18.4. The van der Waals surface area contributed by atoms with Crippen molar-refractivity contribution in [2.75, 3.05) is 20.8 Å². The van der Waals surface area contributed by atoms with Gasteiger partial charge in [0.05, 0.1) is 19.7 Å². The molecule has 0 bridgehead atoms. The predicted octanol–water partition coefficient (Wildman–Crippen LogP) is 3.75. The maximum Gasteiger partial charge on any atom is 0.268 e. The largest absolute Gasteiger partial charge is 0.497 e. The van der Waals surface area contributed by atoms with Gasteiger partial charge in [0, 0.05) is 31.3 Å². The van der Waals surface area contributed by atoms with E-state index in [1.807, 2.05) is 42.7 Å². The first-order valence-corrected chi connectivity index (χ1v) is 8.65. The molecule has 0 aliphatic rings. The average Bonchev–Trinajstić information content (AvgIpc) is 3.16. The Morgan fingerprint density at radius 2 is 1.81 bits per heavy atom. The van der Waals surface area contributed by atoms with Gasteiger partial charge in [-0.05, 0) is 31.0 Å². The van der Waals surface area contributed by atoms with Crippen molar-refractivity contribution in [2.45, 2.75) is 26.8 Å². The van der Waals surface area contributed by atoms with Crippen LogP contribution in [-0.2, 0) is 6.54 Å². The number of fused-ring (bicyclic) bond motifs is 1. The number of aryl methyl sites for hydroxylation is 1. The molecule has 0 saturated carbocycles. The SMILES string of the molecule is CCCNC(=O)c1cc2oc(C)cc2n1Cc1cc(OC)cc(OC)c1. The summed E-state index contributed by atoms with van der Waals surface area (Å²) in [5.41, 5.74) is 3.15. The fourth-order valence-corrected chi connectivity index (χ4v) is 2.99. The van der Waals surface area contributed by atoms with Gasteiger partial charge in [-0.25, -0.2) is 0 Å². The molecule has 0 saturated heterocycles. The first-order valence-electron chi connectivity index (χ1n) is 8.65. The first-order chi connectivity index (χ1) is 12.5. The van der Waals surface area contributed by atoms with Gasteiger partial charge < -0.3 is 23.8 Å². The van der Waals surface area contributed by atoms with Crippen LogP contribution in [0.4, 0.5) is 0 Å². The van der Waals surface area contributed by atoms with Crippen molar-refractivity contribution >= 4 is 17.0 Å². The normalized spacial score (nSPS) is 10.9. The van der Waals surface area contributed by atoms with Crippen LogP contribution in [-0.4, -0.2) is 31.2 Å². The molecule has 0 radical (unpaired) electrons. The van der Waals surface area contributed by atoms with Crippen molar-refractivity contribution in [1.29, 1.82) is 0 Å². The molecule has 3 aromatic rings. The van der Waals surface area contributed by atoms with Gasteiger partial charge in [0.25, 0.3) is 5.91 Å². The van der Waals surface area contributed by atoms with Gasteiger partial charge in [-0.15, -0.1) is 0 Å². The number of amides is 1. The van der Waals surface area contributed by atoms with E-state index in [4.69, 9.17) is 13.9 Å². The number of nitrogens with zero attached hydrogens (tertiary/aromatic N) is 1. The quantitative estimate of drug-likeness (QED) is 0.700. The minimum Gasteiger partial charge on any atom is -0.497 e. The fourth-order valence-electron chi connectivity index (χ4n) is 2.99. The lowest BCUT2D eigenvalue weighted by Crippen LogP contribution is -2.26. The molecule has 0 fully saturated rings. The Balaban J connectivity index is 2.03. The summed E-state index contributed by atoms with van der Waals surface area (Å²) in [7, 11) is 3.24. The molecule has 138 valence electrons. The van der Waals surface area contributed by atoms with Crippen LogP contribution >= 0.6 is 0 Å². The van der Waals surface area contributed by atoms with Gasteiger partial charge >= 0.3 is 0 Å². The summed E-state index contributed by atoms with van der Waals surface area (Å²) >= 11 is 0. The number of furan rings is 1. The lowest BCUT2D eigenvalue weighted by Gasteiger charge is -2.13. The van der Waals surface area contributed by atoms with Crippen LogP contribution in [0.5, 0.6) is 11.5 Å². The Hall–Kier alpha value is -2.89. The predicted molar refractivity (Wildman–Crippen MR) is 100 cm³/mol. The van der Waals surface area contributed by atoms with Crippen LogP contribution in [0.15, 0.2) is 34.7 Å². The lowest BCUT2D eigenvalue weighted by molar-refractivity contribution is 0.0945. The molecular formula is C20H24N2O4. The number of hydrogen-bond donors (Lipinski definition) is 1. The second kappa shape index (κ2) is 7.56. The molecule has 6 nitrogen and oxygen atoms in total. The average molecular weight is 356 g/mol. The van der Waals surface area contributed by atoms with Crippen molar-refractivity contribution in [3.05, 3.63) is 47.3 Å². The summed E-state index contributed by atoms with van der Waals surface area (Å²) in [6, 6.07) is 9.45. The molecule has 2 aromatic heterocycles. The van der Waals surface area contributed by atoms with Gasteiger partial charge in [-0.1, -0.05) is 6.92 Å². The van der Waals surface area contributed by atoms with Crippen LogP contribution in [0, 0.1) is 6.92 Å². The number of nitrogens with one attached hydrogen (secondary N) is 1. The Morgan fingerprint density at radius 3 is 2.42 bits per heavy atom. The van der Waals surface area contributed by atoms with E-state index in [0.29, 0.717) is 35.9 Å². The molecule has 26 heavy (non-hydrogen) atoms. The summed E-state index contributed by atoms with van der Waals surface area (Å²) in [4.78, 5) is 12.6. The van der Waals surface area contributed by atoms with Crippen molar-refractivity contribution in [1.82, 2.24) is 9.88 Å². The van der Waals surface area contributed by atoms with Crippen LogP contribution in [0.3, 0.4) is 0 Å². The topological polar surface area (TPSA) is 65.6 Å².